The third-order valence-corrected chi connectivity index (χ3v) is 4.99. The number of carbonyl (C=O) groups is 1. The quantitative estimate of drug-likeness (QED) is 0.735. The van der Waals surface area contributed by atoms with Crippen LogP contribution in [0.1, 0.15) is 32.1 Å². The average Bonchev–Trinajstić information content (AvgIpc) is 2.83. The van der Waals surface area contributed by atoms with Gasteiger partial charge in [-0.05, 0) is 55.7 Å². The molecule has 0 atom stereocenters. The number of methoxy groups -OCH3 is 1. The molecule has 3 rings (SSSR count). The van der Waals surface area contributed by atoms with Crippen molar-refractivity contribution in [2.75, 3.05) is 18.2 Å². The lowest BCUT2D eigenvalue weighted by atomic mass is 10.1. The number of anilines is 2. The van der Waals surface area contributed by atoms with Gasteiger partial charge < -0.3 is 15.8 Å². The number of pyridine rings is 1. The molecular weight excluding hydrogens is 334 g/mol. The van der Waals surface area contributed by atoms with Crippen molar-refractivity contribution in [2.45, 2.75) is 27.4 Å². The minimum atomic E-state index is -0.216. The van der Waals surface area contributed by atoms with Gasteiger partial charge in [0.15, 0.2) is 0 Å². The van der Waals surface area contributed by atoms with Gasteiger partial charge in [0, 0.05) is 23.9 Å². The number of carbonyl (C=O) groups excluding carboxylic acids is 1. The minimum Gasteiger partial charge on any atom is -0.397 e. The van der Waals surface area contributed by atoms with Gasteiger partial charge in [-0.15, -0.1) is 11.3 Å². The fraction of sp³-hybridized carbons (Fsp3) is 0.263. The van der Waals surface area contributed by atoms with E-state index in [1.54, 1.807) is 7.11 Å². The van der Waals surface area contributed by atoms with E-state index in [0.717, 1.165) is 38.3 Å². The lowest BCUT2D eigenvalue weighted by Crippen LogP contribution is -2.12. The third-order valence-electron chi connectivity index (χ3n) is 3.89. The zero-order chi connectivity index (χ0) is 18.1. The SMILES string of the molecule is COCc1cc(C)nc2sc(C(=O)Nc3cc(C)cc(C)c3)c(N)c12. The van der Waals surface area contributed by atoms with Gasteiger partial charge in [-0.2, -0.15) is 0 Å². The number of amides is 1. The molecule has 25 heavy (non-hydrogen) atoms. The highest BCUT2D eigenvalue weighted by Gasteiger charge is 2.20. The van der Waals surface area contributed by atoms with Crippen molar-refractivity contribution < 1.29 is 9.53 Å². The molecule has 0 aliphatic carbocycles. The summed E-state index contributed by atoms with van der Waals surface area (Å²) in [6.07, 6.45) is 0. The van der Waals surface area contributed by atoms with Crippen LogP contribution in [0.4, 0.5) is 11.4 Å². The Bertz CT molecular complexity index is 943. The van der Waals surface area contributed by atoms with E-state index in [9.17, 15) is 4.79 Å². The molecule has 0 fully saturated rings. The first kappa shape index (κ1) is 17.4. The zero-order valence-corrected chi connectivity index (χ0v) is 15.6. The third kappa shape index (κ3) is 3.50. The van der Waals surface area contributed by atoms with Gasteiger partial charge in [-0.25, -0.2) is 4.98 Å². The van der Waals surface area contributed by atoms with Crippen LogP contribution in [0.25, 0.3) is 10.2 Å². The number of aryl methyl sites for hydroxylation is 3. The number of aromatic nitrogens is 1. The molecule has 3 aromatic rings. The molecule has 0 saturated heterocycles. The topological polar surface area (TPSA) is 77.2 Å². The van der Waals surface area contributed by atoms with E-state index < -0.39 is 0 Å². The number of rotatable bonds is 4. The number of thiophene rings is 1. The van der Waals surface area contributed by atoms with Crippen LogP contribution in [0.15, 0.2) is 24.3 Å². The number of ether oxygens (including phenoxy) is 1. The first-order valence-corrected chi connectivity index (χ1v) is 8.77. The van der Waals surface area contributed by atoms with Crippen molar-refractivity contribution in [3.63, 3.8) is 0 Å². The number of nitrogens with two attached hydrogens (primary N) is 1. The van der Waals surface area contributed by atoms with Crippen LogP contribution in [0, 0.1) is 20.8 Å². The van der Waals surface area contributed by atoms with Crippen molar-refractivity contribution in [2.24, 2.45) is 0 Å². The van der Waals surface area contributed by atoms with Gasteiger partial charge in [-0.3, -0.25) is 4.79 Å². The first-order chi connectivity index (χ1) is 11.9. The Labute approximate surface area is 150 Å². The molecule has 0 spiro atoms. The lowest BCUT2D eigenvalue weighted by Gasteiger charge is -2.07. The molecule has 2 heterocycles. The number of fused-ring (bicyclic) bond motifs is 1. The zero-order valence-electron chi connectivity index (χ0n) is 14.8. The maximum Gasteiger partial charge on any atom is 0.267 e. The molecule has 0 radical (unpaired) electrons. The number of hydrogen-bond acceptors (Lipinski definition) is 5. The Morgan fingerprint density at radius 3 is 2.52 bits per heavy atom. The molecule has 2 aromatic heterocycles. The second kappa shape index (κ2) is 6.82. The van der Waals surface area contributed by atoms with Gasteiger partial charge >= 0.3 is 0 Å². The average molecular weight is 355 g/mol. The van der Waals surface area contributed by atoms with Crippen LogP contribution in [0.2, 0.25) is 0 Å². The van der Waals surface area contributed by atoms with Crippen LogP contribution in [0.3, 0.4) is 0 Å². The van der Waals surface area contributed by atoms with E-state index in [-0.39, 0.29) is 5.91 Å². The van der Waals surface area contributed by atoms with Crippen molar-refractivity contribution in [3.8, 4) is 0 Å². The molecule has 0 bridgehead atoms. The second-order valence-corrected chi connectivity index (χ2v) is 7.21. The molecule has 0 aliphatic rings. The summed E-state index contributed by atoms with van der Waals surface area (Å²) in [6.45, 7) is 6.35. The highest BCUT2D eigenvalue weighted by molar-refractivity contribution is 7.21. The molecule has 1 aromatic carbocycles. The van der Waals surface area contributed by atoms with Gasteiger partial charge in [0.2, 0.25) is 0 Å². The lowest BCUT2D eigenvalue weighted by molar-refractivity contribution is 0.103. The minimum absolute atomic E-state index is 0.216. The number of hydrogen-bond donors (Lipinski definition) is 2. The predicted octanol–water partition coefficient (Wildman–Crippen LogP) is 4.20. The Morgan fingerprint density at radius 2 is 1.88 bits per heavy atom. The van der Waals surface area contributed by atoms with Gasteiger partial charge in [-0.1, -0.05) is 6.07 Å². The summed E-state index contributed by atoms with van der Waals surface area (Å²) in [5.41, 5.74) is 11.5. The van der Waals surface area contributed by atoms with E-state index in [2.05, 4.69) is 16.4 Å². The number of nitrogens with one attached hydrogen (secondary N) is 1. The van der Waals surface area contributed by atoms with E-state index in [4.69, 9.17) is 10.5 Å². The largest absolute Gasteiger partial charge is 0.397 e. The Hall–Kier alpha value is -2.44. The van der Waals surface area contributed by atoms with Crippen LogP contribution in [-0.4, -0.2) is 18.0 Å². The standard InChI is InChI=1S/C19H21N3O2S/c1-10-5-11(2)7-14(6-10)22-18(23)17-16(20)15-13(9-24-4)8-12(3)21-19(15)25-17/h5-8H,9,20H2,1-4H3,(H,22,23). The summed E-state index contributed by atoms with van der Waals surface area (Å²) < 4.78 is 5.26. The van der Waals surface area contributed by atoms with Crippen molar-refractivity contribution in [3.05, 3.63) is 51.5 Å². The second-order valence-electron chi connectivity index (χ2n) is 6.21. The summed E-state index contributed by atoms with van der Waals surface area (Å²) in [6, 6.07) is 7.88. The van der Waals surface area contributed by atoms with E-state index in [1.807, 2.05) is 39.0 Å². The number of nitrogens with zero attached hydrogens (tertiary/aromatic N) is 1. The van der Waals surface area contributed by atoms with E-state index in [0.29, 0.717) is 17.2 Å². The summed E-state index contributed by atoms with van der Waals surface area (Å²) >= 11 is 1.31. The monoisotopic (exact) mass is 355 g/mol. The Kier molecular flexibility index (Phi) is 4.74. The fourth-order valence-corrected chi connectivity index (χ4v) is 4.09. The van der Waals surface area contributed by atoms with Crippen LogP contribution in [0.5, 0.6) is 0 Å². The first-order valence-electron chi connectivity index (χ1n) is 7.96. The smallest absolute Gasteiger partial charge is 0.267 e. The van der Waals surface area contributed by atoms with E-state index >= 15 is 0 Å². The maximum absolute atomic E-state index is 12.7. The molecule has 130 valence electrons. The van der Waals surface area contributed by atoms with Crippen LogP contribution < -0.4 is 11.1 Å². The predicted molar refractivity (Wildman–Crippen MR) is 103 cm³/mol. The number of benzene rings is 1. The van der Waals surface area contributed by atoms with Crippen LogP contribution in [-0.2, 0) is 11.3 Å². The molecule has 6 heteroatoms. The summed E-state index contributed by atoms with van der Waals surface area (Å²) in [4.78, 5) is 18.5. The molecule has 1 amide bonds. The maximum atomic E-state index is 12.7. The summed E-state index contributed by atoms with van der Waals surface area (Å²) in [5.74, 6) is -0.216. The Balaban J connectivity index is 2.02. The molecule has 0 aliphatic heterocycles. The number of nitrogen functional groups attached to an aromatic ring is 1. The normalized spacial score (nSPS) is 11.0. The van der Waals surface area contributed by atoms with Gasteiger partial charge in [0.25, 0.3) is 5.91 Å². The molecule has 3 N–H and O–H groups in total. The molecular formula is C19H21N3O2S. The van der Waals surface area contributed by atoms with Crippen LogP contribution >= 0.6 is 11.3 Å². The van der Waals surface area contributed by atoms with Crippen molar-refractivity contribution >= 4 is 38.8 Å². The Morgan fingerprint density at radius 1 is 1.20 bits per heavy atom. The van der Waals surface area contributed by atoms with Gasteiger partial charge in [0.1, 0.15) is 9.71 Å². The molecule has 0 saturated carbocycles. The highest BCUT2D eigenvalue weighted by atomic mass is 32.1. The highest BCUT2D eigenvalue weighted by Crippen LogP contribution is 2.36. The van der Waals surface area contributed by atoms with Crippen molar-refractivity contribution in [1.29, 1.82) is 0 Å². The molecule has 5 nitrogen and oxygen atoms in total. The van der Waals surface area contributed by atoms with Gasteiger partial charge in [0.05, 0.1) is 12.3 Å². The van der Waals surface area contributed by atoms with E-state index in [1.165, 1.54) is 11.3 Å². The fourth-order valence-electron chi connectivity index (χ4n) is 3.01. The summed E-state index contributed by atoms with van der Waals surface area (Å²) in [7, 11) is 1.64. The molecule has 0 unspecified atom stereocenters. The van der Waals surface area contributed by atoms with Crippen molar-refractivity contribution in [1.82, 2.24) is 4.98 Å². The summed E-state index contributed by atoms with van der Waals surface area (Å²) in [5, 5.41) is 3.75.